The molecule has 5 heteroatoms. The molecule has 0 saturated heterocycles. The molecule has 0 aliphatic rings. The second-order valence-electron chi connectivity index (χ2n) is 4.42. The van der Waals surface area contributed by atoms with Gasteiger partial charge in [0.1, 0.15) is 4.60 Å². The normalized spacial score (nSPS) is 10.3. The topological polar surface area (TPSA) is 54.4 Å². The molecule has 1 heterocycles. The minimum atomic E-state index is 0.164. The number of benzene rings is 1. The molecule has 106 valence electrons. The molecule has 0 radical (unpaired) electrons. The van der Waals surface area contributed by atoms with Gasteiger partial charge in [0, 0.05) is 6.54 Å². The van der Waals surface area contributed by atoms with Crippen molar-refractivity contribution in [2.45, 2.75) is 20.4 Å². The summed E-state index contributed by atoms with van der Waals surface area (Å²) < 4.78 is 6.22. The number of ether oxygens (including phenoxy) is 1. The van der Waals surface area contributed by atoms with Crippen molar-refractivity contribution >= 4 is 21.6 Å². The maximum atomic E-state index is 9.66. The van der Waals surface area contributed by atoms with Gasteiger partial charge in [0.2, 0.25) is 0 Å². The monoisotopic (exact) mass is 336 g/mol. The second kappa shape index (κ2) is 6.61. The Balaban J connectivity index is 2.06. The van der Waals surface area contributed by atoms with E-state index in [4.69, 9.17) is 4.74 Å². The van der Waals surface area contributed by atoms with Crippen LogP contribution in [0.4, 0.5) is 5.69 Å². The Bertz CT molecular complexity index is 602. The lowest BCUT2D eigenvalue weighted by molar-refractivity contribution is 0.318. The number of phenols is 1. The summed E-state index contributed by atoms with van der Waals surface area (Å²) in [5, 5.41) is 13.0. The highest BCUT2D eigenvalue weighted by atomic mass is 79.9. The number of aromatic hydroxyl groups is 1. The molecule has 0 atom stereocenters. The van der Waals surface area contributed by atoms with E-state index in [2.05, 4.69) is 26.2 Å². The number of hydrogen-bond donors (Lipinski definition) is 2. The highest BCUT2D eigenvalue weighted by molar-refractivity contribution is 9.10. The summed E-state index contributed by atoms with van der Waals surface area (Å²) >= 11 is 3.38. The standard InChI is InChI=1S/C15H17BrN2O2/c1-3-20-14-7-11(4-5-13(14)19)8-17-12-6-10(2)15(16)18-9-12/h4-7,9,17,19H,3,8H2,1-2H3. The van der Waals surface area contributed by atoms with E-state index in [1.807, 2.05) is 32.0 Å². The van der Waals surface area contributed by atoms with E-state index in [1.54, 1.807) is 12.3 Å². The fourth-order valence-electron chi connectivity index (χ4n) is 1.80. The van der Waals surface area contributed by atoms with Gasteiger partial charge in [-0.25, -0.2) is 4.98 Å². The Labute approximate surface area is 126 Å². The Hall–Kier alpha value is -1.75. The first-order valence-corrected chi connectivity index (χ1v) is 7.20. The van der Waals surface area contributed by atoms with E-state index >= 15 is 0 Å². The zero-order chi connectivity index (χ0) is 14.5. The van der Waals surface area contributed by atoms with Gasteiger partial charge in [-0.15, -0.1) is 0 Å². The number of aryl methyl sites for hydroxylation is 1. The lowest BCUT2D eigenvalue weighted by Gasteiger charge is -2.10. The summed E-state index contributed by atoms with van der Waals surface area (Å²) in [6.45, 7) is 5.06. The molecule has 1 aromatic heterocycles. The molecule has 0 unspecified atom stereocenters. The Morgan fingerprint density at radius 2 is 2.15 bits per heavy atom. The highest BCUT2D eigenvalue weighted by Gasteiger charge is 2.04. The third kappa shape index (κ3) is 3.63. The van der Waals surface area contributed by atoms with Crippen LogP contribution in [0.5, 0.6) is 11.5 Å². The van der Waals surface area contributed by atoms with E-state index in [9.17, 15) is 5.11 Å². The molecular formula is C15H17BrN2O2. The molecule has 0 fully saturated rings. The molecule has 0 spiro atoms. The minimum absolute atomic E-state index is 0.164. The summed E-state index contributed by atoms with van der Waals surface area (Å²) in [4.78, 5) is 4.24. The summed E-state index contributed by atoms with van der Waals surface area (Å²) in [6.07, 6.45) is 1.78. The third-order valence-corrected chi connectivity index (χ3v) is 3.67. The molecule has 0 aliphatic heterocycles. The van der Waals surface area contributed by atoms with Crippen LogP contribution < -0.4 is 10.1 Å². The van der Waals surface area contributed by atoms with Gasteiger partial charge in [0.25, 0.3) is 0 Å². The van der Waals surface area contributed by atoms with Gasteiger partial charge in [-0.3, -0.25) is 0 Å². The van der Waals surface area contributed by atoms with Crippen LogP contribution >= 0.6 is 15.9 Å². The van der Waals surface area contributed by atoms with E-state index in [-0.39, 0.29) is 5.75 Å². The van der Waals surface area contributed by atoms with Gasteiger partial charge in [-0.05, 0) is 59.1 Å². The van der Waals surface area contributed by atoms with Crippen LogP contribution in [0.3, 0.4) is 0 Å². The molecule has 2 rings (SSSR count). The SMILES string of the molecule is CCOc1cc(CNc2cnc(Br)c(C)c2)ccc1O. The molecule has 2 aromatic rings. The molecule has 20 heavy (non-hydrogen) atoms. The van der Waals surface area contributed by atoms with Gasteiger partial charge in [0.05, 0.1) is 18.5 Å². The van der Waals surface area contributed by atoms with Crippen molar-refractivity contribution in [2.75, 3.05) is 11.9 Å². The second-order valence-corrected chi connectivity index (χ2v) is 5.17. The quantitative estimate of drug-likeness (QED) is 0.814. The van der Waals surface area contributed by atoms with Crippen molar-refractivity contribution in [1.82, 2.24) is 4.98 Å². The van der Waals surface area contributed by atoms with Gasteiger partial charge in [0.15, 0.2) is 11.5 Å². The summed E-state index contributed by atoms with van der Waals surface area (Å²) in [5.74, 6) is 0.675. The number of hydrogen-bond acceptors (Lipinski definition) is 4. The van der Waals surface area contributed by atoms with Gasteiger partial charge in [-0.1, -0.05) is 6.07 Å². The minimum Gasteiger partial charge on any atom is -0.504 e. The number of pyridine rings is 1. The summed E-state index contributed by atoms with van der Waals surface area (Å²) in [7, 11) is 0. The molecule has 0 bridgehead atoms. The van der Waals surface area contributed by atoms with Crippen LogP contribution in [-0.4, -0.2) is 16.7 Å². The maximum absolute atomic E-state index is 9.66. The zero-order valence-electron chi connectivity index (χ0n) is 11.5. The molecule has 0 aliphatic carbocycles. The van der Waals surface area contributed by atoms with Gasteiger partial charge < -0.3 is 15.2 Å². The van der Waals surface area contributed by atoms with Gasteiger partial charge >= 0.3 is 0 Å². The van der Waals surface area contributed by atoms with Crippen molar-refractivity contribution in [1.29, 1.82) is 0 Å². The number of nitrogens with zero attached hydrogens (tertiary/aromatic N) is 1. The summed E-state index contributed by atoms with van der Waals surface area (Å²) in [5.41, 5.74) is 3.07. The lowest BCUT2D eigenvalue weighted by atomic mass is 10.2. The van der Waals surface area contributed by atoms with Crippen LogP contribution in [0.2, 0.25) is 0 Å². The molecule has 0 amide bonds. The molecule has 4 nitrogen and oxygen atoms in total. The van der Waals surface area contributed by atoms with E-state index in [0.717, 1.165) is 21.4 Å². The average Bonchev–Trinajstić information content (AvgIpc) is 2.43. The van der Waals surface area contributed by atoms with Crippen LogP contribution in [-0.2, 0) is 6.54 Å². The number of halogens is 1. The van der Waals surface area contributed by atoms with Crippen LogP contribution in [0.15, 0.2) is 35.1 Å². The smallest absolute Gasteiger partial charge is 0.161 e. The van der Waals surface area contributed by atoms with Crippen LogP contribution in [0, 0.1) is 6.92 Å². The summed E-state index contributed by atoms with van der Waals surface area (Å²) in [6, 6.07) is 7.38. The first-order chi connectivity index (χ1) is 9.60. The van der Waals surface area contributed by atoms with Crippen LogP contribution in [0.1, 0.15) is 18.1 Å². The predicted octanol–water partition coefficient (Wildman–Crippen LogP) is 3.87. The number of nitrogens with one attached hydrogen (secondary N) is 1. The Kier molecular flexibility index (Phi) is 4.84. The van der Waals surface area contributed by atoms with Crippen molar-refractivity contribution in [3.8, 4) is 11.5 Å². The number of anilines is 1. The number of aromatic nitrogens is 1. The number of rotatable bonds is 5. The maximum Gasteiger partial charge on any atom is 0.161 e. The van der Waals surface area contributed by atoms with Crippen molar-refractivity contribution in [3.63, 3.8) is 0 Å². The van der Waals surface area contributed by atoms with Crippen LogP contribution in [0.25, 0.3) is 0 Å². The van der Waals surface area contributed by atoms with E-state index < -0.39 is 0 Å². The van der Waals surface area contributed by atoms with Crippen molar-refractivity contribution in [3.05, 3.63) is 46.2 Å². The van der Waals surface area contributed by atoms with Crippen molar-refractivity contribution < 1.29 is 9.84 Å². The first kappa shape index (κ1) is 14.7. The molecule has 2 N–H and O–H groups in total. The lowest BCUT2D eigenvalue weighted by Crippen LogP contribution is -2.01. The Morgan fingerprint density at radius 1 is 1.35 bits per heavy atom. The predicted molar refractivity (Wildman–Crippen MR) is 83.3 cm³/mol. The number of phenolic OH excluding ortho intramolecular Hbond substituents is 1. The van der Waals surface area contributed by atoms with E-state index in [0.29, 0.717) is 18.9 Å². The van der Waals surface area contributed by atoms with Gasteiger partial charge in [-0.2, -0.15) is 0 Å². The van der Waals surface area contributed by atoms with Crippen molar-refractivity contribution in [2.24, 2.45) is 0 Å². The fraction of sp³-hybridized carbons (Fsp3) is 0.267. The zero-order valence-corrected chi connectivity index (χ0v) is 13.1. The largest absolute Gasteiger partial charge is 0.504 e. The average molecular weight is 337 g/mol. The Morgan fingerprint density at radius 3 is 2.85 bits per heavy atom. The molecule has 0 saturated carbocycles. The third-order valence-electron chi connectivity index (χ3n) is 2.84. The van der Waals surface area contributed by atoms with E-state index in [1.165, 1.54) is 0 Å². The highest BCUT2D eigenvalue weighted by Crippen LogP contribution is 2.27. The molecular weight excluding hydrogens is 320 g/mol. The fourth-order valence-corrected chi connectivity index (χ4v) is 2.02. The first-order valence-electron chi connectivity index (χ1n) is 6.41. The molecule has 1 aromatic carbocycles.